The fourth-order valence-electron chi connectivity index (χ4n) is 1.43. The molecule has 1 unspecified atom stereocenters. The number of Topliss-reactive ketones (excluding diaryl/α,β-unsaturated/α-hetero) is 1. The van der Waals surface area contributed by atoms with Crippen LogP contribution in [0, 0.1) is 5.41 Å². The van der Waals surface area contributed by atoms with Crippen molar-refractivity contribution in [2.24, 2.45) is 5.41 Å². The second-order valence-corrected chi connectivity index (χ2v) is 4.46. The first kappa shape index (κ1) is 11.3. The third-order valence-electron chi connectivity index (χ3n) is 2.37. The van der Waals surface area contributed by atoms with E-state index in [-0.39, 0.29) is 6.42 Å². The van der Waals surface area contributed by atoms with Crippen molar-refractivity contribution in [1.29, 1.82) is 0 Å². The molecule has 0 aromatic carbocycles. The molecule has 0 amide bonds. The van der Waals surface area contributed by atoms with E-state index < -0.39 is 23.2 Å². The molecule has 0 saturated heterocycles. The number of hydrogen-bond acceptors (Lipinski definition) is 2. The summed E-state index contributed by atoms with van der Waals surface area (Å²) in [5, 5.41) is 9.02. The van der Waals surface area contributed by atoms with Gasteiger partial charge in [0.05, 0.1) is 0 Å². The highest BCUT2D eigenvalue weighted by molar-refractivity contribution is 5.87. The minimum atomic E-state index is -3.64. The van der Waals surface area contributed by atoms with E-state index in [0.29, 0.717) is 6.42 Å². The van der Waals surface area contributed by atoms with Crippen molar-refractivity contribution in [2.45, 2.75) is 38.7 Å². The number of alkyl halides is 2. The summed E-state index contributed by atoms with van der Waals surface area (Å²) >= 11 is 0. The largest absolute Gasteiger partial charge is 0.382 e. The zero-order valence-corrected chi connectivity index (χ0v) is 8.26. The summed E-state index contributed by atoms with van der Waals surface area (Å²) in [7, 11) is 0. The Bertz CT molecular complexity index is 269. The van der Waals surface area contributed by atoms with Crippen LogP contribution in [0.1, 0.15) is 26.7 Å². The minimum absolute atomic E-state index is 0.207. The third-order valence-corrected chi connectivity index (χ3v) is 2.37. The Hall–Kier alpha value is -0.770. The zero-order chi connectivity index (χ0) is 11.0. The lowest BCUT2D eigenvalue weighted by molar-refractivity contribution is -0.158. The monoisotopic (exact) mass is 204 g/mol. The molecule has 1 aliphatic carbocycles. The Morgan fingerprint density at radius 2 is 2.07 bits per heavy atom. The van der Waals surface area contributed by atoms with Crippen LogP contribution in [0.2, 0.25) is 0 Å². The van der Waals surface area contributed by atoms with Crippen molar-refractivity contribution in [2.75, 3.05) is 0 Å². The second-order valence-electron chi connectivity index (χ2n) is 4.46. The molecular weight excluding hydrogens is 190 g/mol. The molecule has 2 nitrogen and oxygen atoms in total. The first-order valence-corrected chi connectivity index (χ1v) is 4.51. The Morgan fingerprint density at radius 1 is 1.50 bits per heavy atom. The van der Waals surface area contributed by atoms with Gasteiger partial charge < -0.3 is 5.11 Å². The van der Waals surface area contributed by atoms with E-state index in [1.165, 1.54) is 6.08 Å². The maximum absolute atomic E-state index is 13.1. The van der Waals surface area contributed by atoms with Gasteiger partial charge in [0, 0.05) is 6.42 Å². The number of ketones is 1. The summed E-state index contributed by atoms with van der Waals surface area (Å²) in [5.41, 5.74) is -0.461. The topological polar surface area (TPSA) is 37.3 Å². The molecule has 0 heterocycles. The maximum Gasteiger partial charge on any atom is 0.333 e. The third kappa shape index (κ3) is 2.18. The molecule has 1 aliphatic rings. The molecule has 0 aliphatic heterocycles. The Balaban J connectivity index is 2.98. The highest BCUT2D eigenvalue weighted by Gasteiger charge is 2.47. The quantitative estimate of drug-likeness (QED) is 0.612. The van der Waals surface area contributed by atoms with E-state index >= 15 is 0 Å². The summed E-state index contributed by atoms with van der Waals surface area (Å²) in [4.78, 5) is 11.2. The van der Waals surface area contributed by atoms with Crippen LogP contribution < -0.4 is 0 Å². The van der Waals surface area contributed by atoms with Crippen LogP contribution in [0.25, 0.3) is 0 Å². The number of hydrogen-bond donors (Lipinski definition) is 1. The van der Waals surface area contributed by atoms with Gasteiger partial charge in [-0.3, -0.25) is 4.79 Å². The van der Waals surface area contributed by atoms with E-state index in [2.05, 4.69) is 0 Å². The summed E-state index contributed by atoms with van der Waals surface area (Å²) < 4.78 is 26.2. The van der Waals surface area contributed by atoms with E-state index in [1.54, 1.807) is 13.8 Å². The molecule has 0 spiro atoms. The van der Waals surface area contributed by atoms with Crippen LogP contribution in [0.4, 0.5) is 8.78 Å². The van der Waals surface area contributed by atoms with Crippen LogP contribution in [0.5, 0.6) is 0 Å². The summed E-state index contributed by atoms with van der Waals surface area (Å²) in [6, 6.07) is 0. The maximum atomic E-state index is 13.1. The second kappa shape index (κ2) is 3.42. The first-order chi connectivity index (χ1) is 6.26. The van der Waals surface area contributed by atoms with Gasteiger partial charge in [-0.2, -0.15) is 8.78 Å². The minimum Gasteiger partial charge on any atom is -0.382 e. The summed E-state index contributed by atoms with van der Waals surface area (Å²) in [6.07, 6.45) is 0.836. The fraction of sp³-hybridized carbons (Fsp3) is 0.700. The predicted molar refractivity (Wildman–Crippen MR) is 48.1 cm³/mol. The lowest BCUT2D eigenvalue weighted by Crippen LogP contribution is -2.43. The van der Waals surface area contributed by atoms with Crippen LogP contribution in [0.3, 0.4) is 0 Å². The van der Waals surface area contributed by atoms with Gasteiger partial charge in [0.25, 0.3) is 0 Å². The van der Waals surface area contributed by atoms with E-state index in [0.717, 1.165) is 6.08 Å². The number of rotatable bonds is 0. The first-order valence-electron chi connectivity index (χ1n) is 4.51. The fourth-order valence-corrected chi connectivity index (χ4v) is 1.43. The van der Waals surface area contributed by atoms with Crippen molar-refractivity contribution < 1.29 is 18.7 Å². The molecule has 0 saturated carbocycles. The van der Waals surface area contributed by atoms with Gasteiger partial charge in [0.15, 0.2) is 0 Å². The molecular formula is C10H14F2O2. The number of halogens is 2. The molecule has 0 aromatic rings. The van der Waals surface area contributed by atoms with Crippen LogP contribution in [-0.4, -0.2) is 22.9 Å². The number of aliphatic hydroxyl groups is 1. The average molecular weight is 204 g/mol. The highest BCUT2D eigenvalue weighted by Crippen LogP contribution is 2.34. The highest BCUT2D eigenvalue weighted by atomic mass is 19.3. The van der Waals surface area contributed by atoms with Crippen LogP contribution in [-0.2, 0) is 4.79 Å². The molecule has 4 heteroatoms. The van der Waals surface area contributed by atoms with Crippen molar-refractivity contribution >= 4 is 5.78 Å². The smallest absolute Gasteiger partial charge is 0.333 e. The summed E-state index contributed by atoms with van der Waals surface area (Å²) in [6.45, 7) is 3.51. The average Bonchev–Trinajstić information content (AvgIpc) is 2.01. The molecule has 1 N–H and O–H groups in total. The van der Waals surface area contributed by atoms with Gasteiger partial charge in [-0.15, -0.1) is 0 Å². The van der Waals surface area contributed by atoms with Gasteiger partial charge in [-0.1, -0.05) is 26.0 Å². The lowest BCUT2D eigenvalue weighted by atomic mass is 9.80. The van der Waals surface area contributed by atoms with Crippen LogP contribution >= 0.6 is 0 Å². The molecule has 0 aromatic heterocycles. The Kier molecular flexibility index (Phi) is 2.76. The van der Waals surface area contributed by atoms with Gasteiger partial charge in [0.1, 0.15) is 6.10 Å². The number of carbonyl (C=O) groups excluding carboxylic acids is 1. The molecule has 0 fully saturated rings. The van der Waals surface area contributed by atoms with Crippen LogP contribution in [0.15, 0.2) is 12.2 Å². The Morgan fingerprint density at radius 3 is 2.64 bits per heavy atom. The normalized spacial score (nSPS) is 30.9. The number of aliphatic hydroxyl groups excluding tert-OH is 1. The molecule has 80 valence electrons. The molecule has 1 atom stereocenters. The SMILES string of the molecule is CC1(C)CC=CC(O)C(F)(F)C(=O)C1. The number of carbonyl (C=O) groups is 1. The van der Waals surface area contributed by atoms with E-state index in [1.807, 2.05) is 0 Å². The number of allylic oxidation sites excluding steroid dienone is 1. The molecule has 0 radical (unpaired) electrons. The molecule has 1 rings (SSSR count). The predicted octanol–water partition coefficient (Wildman–Crippen LogP) is 1.93. The molecule has 14 heavy (non-hydrogen) atoms. The zero-order valence-electron chi connectivity index (χ0n) is 8.26. The van der Waals surface area contributed by atoms with Crippen molar-refractivity contribution in [3.63, 3.8) is 0 Å². The van der Waals surface area contributed by atoms with Crippen molar-refractivity contribution in [3.8, 4) is 0 Å². The van der Waals surface area contributed by atoms with Gasteiger partial charge >= 0.3 is 5.92 Å². The Labute approximate surface area is 81.6 Å². The standard InChI is InChI=1S/C10H14F2O2/c1-9(2)5-3-4-7(13)10(11,12)8(14)6-9/h3-4,7,13H,5-6H2,1-2H3. The lowest BCUT2D eigenvalue weighted by Gasteiger charge is -2.28. The molecule has 0 bridgehead atoms. The summed E-state index contributed by atoms with van der Waals surface area (Å²) in [5.74, 6) is -4.83. The van der Waals surface area contributed by atoms with Crippen molar-refractivity contribution in [1.82, 2.24) is 0 Å². The van der Waals surface area contributed by atoms with Gasteiger partial charge in [-0.25, -0.2) is 0 Å². The van der Waals surface area contributed by atoms with Crippen molar-refractivity contribution in [3.05, 3.63) is 12.2 Å². The van der Waals surface area contributed by atoms with E-state index in [9.17, 15) is 13.6 Å². The van der Waals surface area contributed by atoms with E-state index in [4.69, 9.17) is 5.11 Å². The van der Waals surface area contributed by atoms with Gasteiger partial charge in [-0.05, 0) is 11.8 Å². The van der Waals surface area contributed by atoms with Gasteiger partial charge in [0.2, 0.25) is 5.78 Å².